The summed E-state index contributed by atoms with van der Waals surface area (Å²) >= 11 is 0. The quantitative estimate of drug-likeness (QED) is 0.427. The molecule has 0 bridgehead atoms. The molecule has 1 saturated carbocycles. The molecule has 1 unspecified atom stereocenters. The van der Waals surface area contributed by atoms with Crippen molar-refractivity contribution in [1.82, 2.24) is 5.32 Å². The Kier molecular flexibility index (Phi) is 7.69. The molecule has 7 heteroatoms. The van der Waals surface area contributed by atoms with Gasteiger partial charge in [0.25, 0.3) is 0 Å². The van der Waals surface area contributed by atoms with E-state index < -0.39 is 9.84 Å². The van der Waals surface area contributed by atoms with Gasteiger partial charge in [0.05, 0.1) is 18.1 Å². The minimum atomic E-state index is -3.20. The zero-order valence-electron chi connectivity index (χ0n) is 17.5. The van der Waals surface area contributed by atoms with Crippen LogP contribution in [0.1, 0.15) is 56.9 Å². The van der Waals surface area contributed by atoms with E-state index >= 15 is 0 Å². The SMILES string of the molecule is C[C@@H](CS(=O)(=O)CC/C=C\CC1CCC(=O)NC1=O)c1cccc(OCC2CC2)c1. The highest BCUT2D eigenvalue weighted by atomic mass is 32.2. The Morgan fingerprint density at radius 2 is 2.00 bits per heavy atom. The third kappa shape index (κ3) is 7.27. The molecule has 1 saturated heterocycles. The lowest BCUT2D eigenvalue weighted by Gasteiger charge is -2.19. The van der Waals surface area contributed by atoms with E-state index in [9.17, 15) is 18.0 Å². The third-order valence-corrected chi connectivity index (χ3v) is 7.52. The van der Waals surface area contributed by atoms with Gasteiger partial charge in [-0.3, -0.25) is 14.9 Å². The summed E-state index contributed by atoms with van der Waals surface area (Å²) < 4.78 is 30.8. The standard InChI is InChI=1S/C23H31NO5S/c1-17(20-7-5-8-21(14-20)29-15-18-9-10-18)16-30(27,28)13-4-2-3-6-19-11-12-22(25)24-23(19)26/h2-3,5,7-8,14,17-19H,4,6,9-13,15-16H2,1H3,(H,24,25,26)/b3-2-/t17-,19?/m0/s1. The number of carbonyl (C=O) groups is 2. The van der Waals surface area contributed by atoms with Crippen molar-refractivity contribution in [3.05, 3.63) is 42.0 Å². The van der Waals surface area contributed by atoms with Gasteiger partial charge in [-0.15, -0.1) is 0 Å². The summed E-state index contributed by atoms with van der Waals surface area (Å²) in [7, 11) is -3.20. The summed E-state index contributed by atoms with van der Waals surface area (Å²) in [5, 5.41) is 2.34. The predicted molar refractivity (Wildman–Crippen MR) is 116 cm³/mol. The average molecular weight is 434 g/mol. The van der Waals surface area contributed by atoms with Crippen LogP contribution in [0.4, 0.5) is 0 Å². The van der Waals surface area contributed by atoms with Crippen molar-refractivity contribution in [1.29, 1.82) is 0 Å². The fourth-order valence-corrected chi connectivity index (χ4v) is 5.18. The second-order valence-corrected chi connectivity index (χ2v) is 10.7. The van der Waals surface area contributed by atoms with Crippen LogP contribution in [-0.2, 0) is 19.4 Å². The first kappa shape index (κ1) is 22.5. The summed E-state index contributed by atoms with van der Waals surface area (Å²) in [6.07, 6.45) is 8.00. The molecule has 1 N–H and O–H groups in total. The Balaban J connectivity index is 1.42. The molecule has 164 valence electrons. The molecule has 2 fully saturated rings. The molecule has 1 aliphatic carbocycles. The van der Waals surface area contributed by atoms with Crippen molar-refractivity contribution in [3.63, 3.8) is 0 Å². The number of nitrogens with one attached hydrogen (secondary N) is 1. The van der Waals surface area contributed by atoms with Gasteiger partial charge < -0.3 is 4.74 Å². The lowest BCUT2D eigenvalue weighted by Crippen LogP contribution is -2.40. The second kappa shape index (κ2) is 10.2. The summed E-state index contributed by atoms with van der Waals surface area (Å²) in [5.74, 6) is 0.897. The van der Waals surface area contributed by atoms with Crippen LogP contribution in [0, 0.1) is 11.8 Å². The molecule has 2 atom stereocenters. The zero-order chi connectivity index (χ0) is 21.6. The van der Waals surface area contributed by atoms with Crippen molar-refractivity contribution < 1.29 is 22.7 Å². The van der Waals surface area contributed by atoms with E-state index in [2.05, 4.69) is 5.32 Å². The van der Waals surface area contributed by atoms with Crippen LogP contribution in [0.25, 0.3) is 0 Å². The number of sulfone groups is 1. The van der Waals surface area contributed by atoms with Crippen LogP contribution in [0.5, 0.6) is 5.75 Å². The molecule has 2 amide bonds. The zero-order valence-corrected chi connectivity index (χ0v) is 18.3. The van der Waals surface area contributed by atoms with Crippen LogP contribution in [-0.4, -0.2) is 38.3 Å². The lowest BCUT2D eigenvalue weighted by molar-refractivity contribution is -0.136. The molecule has 0 spiro atoms. The number of carbonyl (C=O) groups excluding carboxylic acids is 2. The maximum atomic E-state index is 12.5. The topological polar surface area (TPSA) is 89.5 Å². The van der Waals surface area contributed by atoms with Gasteiger partial charge in [-0.25, -0.2) is 8.42 Å². The van der Waals surface area contributed by atoms with E-state index in [1.165, 1.54) is 12.8 Å². The number of benzene rings is 1. The largest absolute Gasteiger partial charge is 0.493 e. The number of hydrogen-bond acceptors (Lipinski definition) is 5. The minimum absolute atomic E-state index is 0.0844. The molecular formula is C23H31NO5S. The summed E-state index contributed by atoms with van der Waals surface area (Å²) in [6.45, 7) is 2.66. The van der Waals surface area contributed by atoms with Gasteiger partial charge in [-0.2, -0.15) is 0 Å². The van der Waals surface area contributed by atoms with Crippen molar-refractivity contribution in [3.8, 4) is 5.75 Å². The first-order chi connectivity index (χ1) is 14.3. The Hall–Kier alpha value is -2.15. The van der Waals surface area contributed by atoms with Gasteiger partial charge in [-0.05, 0) is 61.6 Å². The number of ether oxygens (including phenoxy) is 1. The monoisotopic (exact) mass is 433 g/mol. The van der Waals surface area contributed by atoms with Crippen molar-refractivity contribution >= 4 is 21.7 Å². The smallest absolute Gasteiger partial charge is 0.229 e. The van der Waals surface area contributed by atoms with Crippen LogP contribution >= 0.6 is 0 Å². The maximum absolute atomic E-state index is 12.5. The number of imide groups is 1. The molecule has 6 nitrogen and oxygen atoms in total. The first-order valence-corrected chi connectivity index (χ1v) is 12.6. The van der Waals surface area contributed by atoms with Crippen molar-refractivity contribution in [2.24, 2.45) is 11.8 Å². The molecule has 2 aliphatic rings. The van der Waals surface area contributed by atoms with Gasteiger partial charge in [0.2, 0.25) is 11.8 Å². The molecule has 1 aromatic carbocycles. The highest BCUT2D eigenvalue weighted by molar-refractivity contribution is 7.91. The van der Waals surface area contributed by atoms with E-state index in [1.54, 1.807) is 0 Å². The van der Waals surface area contributed by atoms with Crippen LogP contribution < -0.4 is 10.1 Å². The summed E-state index contributed by atoms with van der Waals surface area (Å²) in [6, 6.07) is 7.73. The summed E-state index contributed by atoms with van der Waals surface area (Å²) in [5.41, 5.74) is 0.972. The fraction of sp³-hybridized carbons (Fsp3) is 0.565. The Morgan fingerprint density at radius 1 is 1.20 bits per heavy atom. The van der Waals surface area contributed by atoms with E-state index in [4.69, 9.17) is 4.74 Å². The predicted octanol–water partition coefficient (Wildman–Crippen LogP) is 3.38. The Morgan fingerprint density at radius 3 is 2.73 bits per heavy atom. The van der Waals surface area contributed by atoms with E-state index in [1.807, 2.05) is 43.3 Å². The summed E-state index contributed by atoms with van der Waals surface area (Å²) in [4.78, 5) is 22.9. The minimum Gasteiger partial charge on any atom is -0.493 e. The van der Waals surface area contributed by atoms with Gasteiger partial charge in [0, 0.05) is 12.3 Å². The van der Waals surface area contributed by atoms with E-state index in [-0.39, 0.29) is 35.2 Å². The molecule has 1 aliphatic heterocycles. The van der Waals surface area contributed by atoms with Crippen LogP contribution in [0.15, 0.2) is 36.4 Å². The van der Waals surface area contributed by atoms with Gasteiger partial charge in [0.15, 0.2) is 9.84 Å². The second-order valence-electron chi connectivity index (χ2n) is 8.49. The molecule has 0 radical (unpaired) electrons. The number of piperidine rings is 1. The Labute approximate surface area is 179 Å². The van der Waals surface area contributed by atoms with Gasteiger partial charge in [-0.1, -0.05) is 31.2 Å². The maximum Gasteiger partial charge on any atom is 0.229 e. The molecule has 3 rings (SSSR count). The van der Waals surface area contributed by atoms with Crippen LogP contribution in [0.3, 0.4) is 0 Å². The third-order valence-electron chi connectivity index (χ3n) is 5.65. The molecule has 0 aromatic heterocycles. The molecular weight excluding hydrogens is 402 g/mol. The van der Waals surface area contributed by atoms with E-state index in [0.717, 1.165) is 17.9 Å². The number of amides is 2. The van der Waals surface area contributed by atoms with Crippen molar-refractivity contribution in [2.45, 2.75) is 51.4 Å². The van der Waals surface area contributed by atoms with Gasteiger partial charge >= 0.3 is 0 Å². The lowest BCUT2D eigenvalue weighted by atomic mass is 9.95. The number of rotatable bonds is 11. The molecule has 30 heavy (non-hydrogen) atoms. The van der Waals surface area contributed by atoms with Crippen LogP contribution in [0.2, 0.25) is 0 Å². The molecule has 1 aromatic rings. The van der Waals surface area contributed by atoms with Gasteiger partial charge in [0.1, 0.15) is 5.75 Å². The highest BCUT2D eigenvalue weighted by Crippen LogP contribution is 2.30. The molecule has 1 heterocycles. The normalized spacial score (nSPS) is 20.9. The highest BCUT2D eigenvalue weighted by Gasteiger charge is 2.25. The average Bonchev–Trinajstić information content (AvgIpc) is 3.52. The number of allylic oxidation sites excluding steroid dienone is 2. The fourth-order valence-electron chi connectivity index (χ4n) is 3.56. The first-order valence-electron chi connectivity index (χ1n) is 10.7. The van der Waals surface area contributed by atoms with Crippen molar-refractivity contribution in [2.75, 3.05) is 18.1 Å². The van der Waals surface area contributed by atoms with E-state index in [0.29, 0.717) is 31.6 Å². The Bertz CT molecular complexity index is 889. The number of hydrogen-bond donors (Lipinski definition) is 1.